The smallest absolute Gasteiger partial charge is 0.303 e. The Kier molecular flexibility index (Phi) is 6.03. The molecule has 2 aliphatic heterocycles. The Morgan fingerprint density at radius 3 is 2.48 bits per heavy atom. The molecule has 1 atom stereocenters. The van der Waals surface area contributed by atoms with Crippen molar-refractivity contribution in [2.24, 2.45) is 5.92 Å². The third kappa shape index (κ3) is 4.99. The van der Waals surface area contributed by atoms with Crippen molar-refractivity contribution in [3.8, 4) is 0 Å². The summed E-state index contributed by atoms with van der Waals surface area (Å²) in [6.45, 7) is 5.41. The molecule has 0 radical (unpaired) electrons. The van der Waals surface area contributed by atoms with Gasteiger partial charge in [0.15, 0.2) is 0 Å². The van der Waals surface area contributed by atoms with Gasteiger partial charge in [-0.2, -0.15) is 0 Å². The minimum Gasteiger partial charge on any atom is -0.481 e. The van der Waals surface area contributed by atoms with E-state index >= 15 is 0 Å². The summed E-state index contributed by atoms with van der Waals surface area (Å²) in [5.74, 6) is 0.216. The maximum Gasteiger partial charge on any atom is 0.303 e. The van der Waals surface area contributed by atoms with Crippen molar-refractivity contribution >= 4 is 11.9 Å². The molecule has 1 amide bonds. The van der Waals surface area contributed by atoms with Gasteiger partial charge in [-0.1, -0.05) is 13.3 Å². The summed E-state index contributed by atoms with van der Waals surface area (Å²) in [6.07, 6.45) is 6.38. The van der Waals surface area contributed by atoms with E-state index in [0.29, 0.717) is 13.0 Å². The zero-order valence-corrected chi connectivity index (χ0v) is 13.1. The number of piperidine rings is 2. The molecule has 120 valence electrons. The van der Waals surface area contributed by atoms with Crippen LogP contribution in [0.15, 0.2) is 0 Å². The van der Waals surface area contributed by atoms with Gasteiger partial charge in [-0.15, -0.1) is 0 Å². The van der Waals surface area contributed by atoms with Crippen LogP contribution in [0.2, 0.25) is 0 Å². The normalized spacial score (nSPS) is 25.0. The van der Waals surface area contributed by atoms with Crippen LogP contribution in [0.25, 0.3) is 0 Å². The van der Waals surface area contributed by atoms with Crippen molar-refractivity contribution in [3.05, 3.63) is 0 Å². The summed E-state index contributed by atoms with van der Waals surface area (Å²) in [5.41, 5.74) is 0. The maximum atomic E-state index is 12.4. The van der Waals surface area contributed by atoms with Crippen LogP contribution in [-0.4, -0.2) is 59.0 Å². The van der Waals surface area contributed by atoms with Crippen molar-refractivity contribution in [3.63, 3.8) is 0 Å². The molecule has 0 aliphatic carbocycles. The number of likely N-dealkylation sites (tertiary alicyclic amines) is 2. The van der Waals surface area contributed by atoms with Gasteiger partial charge in [0.2, 0.25) is 5.91 Å². The molecule has 0 spiro atoms. The molecule has 0 aromatic heterocycles. The lowest BCUT2D eigenvalue weighted by Crippen LogP contribution is -2.48. The highest BCUT2D eigenvalue weighted by Gasteiger charge is 2.27. The van der Waals surface area contributed by atoms with Gasteiger partial charge in [0, 0.05) is 25.6 Å². The summed E-state index contributed by atoms with van der Waals surface area (Å²) >= 11 is 0. The molecule has 2 aliphatic rings. The topological polar surface area (TPSA) is 60.9 Å². The number of carbonyl (C=O) groups is 2. The van der Waals surface area contributed by atoms with Crippen molar-refractivity contribution < 1.29 is 14.7 Å². The number of carboxylic acids is 1. The van der Waals surface area contributed by atoms with E-state index in [1.807, 2.05) is 4.90 Å². The molecule has 0 aromatic carbocycles. The lowest BCUT2D eigenvalue weighted by atomic mass is 9.97. The van der Waals surface area contributed by atoms with E-state index in [2.05, 4.69) is 11.8 Å². The fourth-order valence-corrected chi connectivity index (χ4v) is 3.42. The highest BCUT2D eigenvalue weighted by Crippen LogP contribution is 2.22. The number of hydrogen-bond acceptors (Lipinski definition) is 3. The standard InChI is InChI=1S/C16H28N2O3/c1-13-7-10-17(11-8-13)15(19)12-18-9-3-2-4-14(18)5-6-16(20)21/h13-14H,2-12H2,1H3,(H,20,21). The van der Waals surface area contributed by atoms with E-state index < -0.39 is 5.97 Å². The minimum atomic E-state index is -0.739. The molecule has 1 unspecified atom stereocenters. The van der Waals surface area contributed by atoms with Crippen LogP contribution >= 0.6 is 0 Å². The molecule has 2 fully saturated rings. The lowest BCUT2D eigenvalue weighted by molar-refractivity contribution is -0.137. The highest BCUT2D eigenvalue weighted by molar-refractivity contribution is 5.78. The van der Waals surface area contributed by atoms with Crippen LogP contribution in [0, 0.1) is 5.92 Å². The van der Waals surface area contributed by atoms with E-state index in [4.69, 9.17) is 5.11 Å². The van der Waals surface area contributed by atoms with E-state index in [1.165, 1.54) is 0 Å². The van der Waals surface area contributed by atoms with Gasteiger partial charge in [-0.3, -0.25) is 14.5 Å². The van der Waals surface area contributed by atoms with Crippen LogP contribution in [0.1, 0.15) is 51.9 Å². The lowest BCUT2D eigenvalue weighted by Gasteiger charge is -2.37. The molecule has 2 heterocycles. The summed E-state index contributed by atoms with van der Waals surface area (Å²) in [7, 11) is 0. The average molecular weight is 296 g/mol. The van der Waals surface area contributed by atoms with Gasteiger partial charge in [-0.25, -0.2) is 0 Å². The monoisotopic (exact) mass is 296 g/mol. The number of amides is 1. The van der Waals surface area contributed by atoms with Crippen molar-refractivity contribution in [2.75, 3.05) is 26.2 Å². The summed E-state index contributed by atoms with van der Waals surface area (Å²) in [5, 5.41) is 8.85. The Morgan fingerprint density at radius 2 is 1.81 bits per heavy atom. The summed E-state index contributed by atoms with van der Waals surface area (Å²) in [6, 6.07) is 0.266. The van der Waals surface area contributed by atoms with Crippen LogP contribution in [0.5, 0.6) is 0 Å². The van der Waals surface area contributed by atoms with Gasteiger partial charge in [0.25, 0.3) is 0 Å². The van der Waals surface area contributed by atoms with Gasteiger partial charge in [0.1, 0.15) is 0 Å². The first-order valence-electron chi connectivity index (χ1n) is 8.30. The number of carbonyl (C=O) groups excluding carboxylic acids is 1. The zero-order valence-electron chi connectivity index (χ0n) is 13.1. The second-order valence-electron chi connectivity index (χ2n) is 6.62. The molecule has 0 bridgehead atoms. The third-order valence-corrected chi connectivity index (χ3v) is 4.92. The highest BCUT2D eigenvalue weighted by atomic mass is 16.4. The molecule has 1 N–H and O–H groups in total. The van der Waals surface area contributed by atoms with E-state index in [1.54, 1.807) is 0 Å². The van der Waals surface area contributed by atoms with E-state index in [9.17, 15) is 9.59 Å². The van der Waals surface area contributed by atoms with Gasteiger partial charge < -0.3 is 10.0 Å². The minimum absolute atomic E-state index is 0.205. The fourth-order valence-electron chi connectivity index (χ4n) is 3.42. The SMILES string of the molecule is CC1CCN(C(=O)CN2CCCCC2CCC(=O)O)CC1. The second kappa shape index (κ2) is 7.78. The molecular formula is C16H28N2O3. The first kappa shape index (κ1) is 16.3. The van der Waals surface area contributed by atoms with E-state index in [0.717, 1.165) is 57.7 Å². The van der Waals surface area contributed by atoms with Crippen molar-refractivity contribution in [1.29, 1.82) is 0 Å². The molecule has 5 nitrogen and oxygen atoms in total. The molecule has 0 aromatic rings. The number of aliphatic carboxylic acids is 1. The van der Waals surface area contributed by atoms with Gasteiger partial charge in [0.05, 0.1) is 6.54 Å². The first-order valence-corrected chi connectivity index (χ1v) is 8.30. The number of rotatable bonds is 5. The number of carboxylic acid groups (broad SMARTS) is 1. The Morgan fingerprint density at radius 1 is 1.10 bits per heavy atom. The molecular weight excluding hydrogens is 268 g/mol. The van der Waals surface area contributed by atoms with Crippen LogP contribution in [0.4, 0.5) is 0 Å². The van der Waals surface area contributed by atoms with E-state index in [-0.39, 0.29) is 18.4 Å². The molecule has 2 rings (SSSR count). The Balaban J connectivity index is 1.83. The van der Waals surface area contributed by atoms with Crippen LogP contribution < -0.4 is 0 Å². The predicted octanol–water partition coefficient (Wildman–Crippen LogP) is 1.96. The average Bonchev–Trinajstić information content (AvgIpc) is 2.47. The maximum absolute atomic E-state index is 12.4. The molecule has 5 heteroatoms. The van der Waals surface area contributed by atoms with Gasteiger partial charge >= 0.3 is 5.97 Å². The number of nitrogens with zero attached hydrogens (tertiary/aromatic N) is 2. The quantitative estimate of drug-likeness (QED) is 0.842. The molecule has 0 saturated carbocycles. The second-order valence-corrected chi connectivity index (χ2v) is 6.62. The van der Waals surface area contributed by atoms with Crippen molar-refractivity contribution in [2.45, 2.75) is 57.9 Å². The first-order chi connectivity index (χ1) is 10.1. The van der Waals surface area contributed by atoms with Gasteiger partial charge in [-0.05, 0) is 44.6 Å². The fraction of sp³-hybridized carbons (Fsp3) is 0.875. The third-order valence-electron chi connectivity index (χ3n) is 4.92. The summed E-state index contributed by atoms with van der Waals surface area (Å²) in [4.78, 5) is 27.4. The molecule has 21 heavy (non-hydrogen) atoms. The zero-order chi connectivity index (χ0) is 15.2. The van der Waals surface area contributed by atoms with Crippen LogP contribution in [0.3, 0.4) is 0 Å². The molecule has 2 saturated heterocycles. The van der Waals surface area contributed by atoms with Crippen LogP contribution in [-0.2, 0) is 9.59 Å². The Labute approximate surface area is 127 Å². The summed E-state index contributed by atoms with van der Waals surface area (Å²) < 4.78 is 0. The predicted molar refractivity (Wildman–Crippen MR) is 81.1 cm³/mol. The Bertz CT molecular complexity index is 365. The Hall–Kier alpha value is -1.10. The number of hydrogen-bond donors (Lipinski definition) is 1. The largest absolute Gasteiger partial charge is 0.481 e. The van der Waals surface area contributed by atoms with Crippen molar-refractivity contribution in [1.82, 2.24) is 9.80 Å².